The van der Waals surface area contributed by atoms with Crippen LogP contribution in [0.1, 0.15) is 5.56 Å². The molecule has 3 aromatic rings. The van der Waals surface area contributed by atoms with Crippen LogP contribution >= 0.6 is 0 Å². The largest absolute Gasteiger partial charge is 0.455 e. The molecular weight excluding hydrogens is 317 g/mol. The third-order valence-electron chi connectivity index (χ3n) is 3.41. The van der Waals surface area contributed by atoms with E-state index in [-0.39, 0.29) is 11.7 Å². The maximum atomic E-state index is 12.9. The molecule has 0 atom stereocenters. The highest BCUT2D eigenvalue weighted by Crippen LogP contribution is 2.29. The van der Waals surface area contributed by atoms with Gasteiger partial charge in [0.05, 0.1) is 5.69 Å². The molecule has 124 valence electrons. The number of hydrogen-bond acceptors (Lipinski definition) is 2. The molecule has 1 N–H and O–H groups in total. The minimum Gasteiger partial charge on any atom is -0.455 e. The summed E-state index contributed by atoms with van der Waals surface area (Å²) in [6, 6.07) is 22.4. The summed E-state index contributed by atoms with van der Waals surface area (Å²) in [5, 5.41) is 2.79. The van der Waals surface area contributed by atoms with Crippen LogP contribution in [0.5, 0.6) is 11.5 Å². The lowest BCUT2D eigenvalue weighted by Gasteiger charge is -2.11. The van der Waals surface area contributed by atoms with E-state index >= 15 is 0 Å². The monoisotopic (exact) mass is 333 g/mol. The molecule has 0 unspecified atom stereocenters. The van der Waals surface area contributed by atoms with Gasteiger partial charge in [-0.3, -0.25) is 4.79 Å². The van der Waals surface area contributed by atoms with E-state index in [1.807, 2.05) is 42.5 Å². The fourth-order valence-electron chi connectivity index (χ4n) is 2.19. The first kappa shape index (κ1) is 16.5. The third kappa shape index (κ3) is 4.78. The van der Waals surface area contributed by atoms with Gasteiger partial charge in [-0.2, -0.15) is 0 Å². The molecule has 3 nitrogen and oxygen atoms in total. The Morgan fingerprint density at radius 2 is 1.56 bits per heavy atom. The molecule has 0 saturated carbocycles. The molecule has 3 rings (SSSR count). The topological polar surface area (TPSA) is 38.3 Å². The maximum Gasteiger partial charge on any atom is 0.248 e. The van der Waals surface area contributed by atoms with Crippen molar-refractivity contribution in [2.24, 2.45) is 0 Å². The summed E-state index contributed by atoms with van der Waals surface area (Å²) in [4.78, 5) is 12.1. The van der Waals surface area contributed by atoms with Crippen LogP contribution in [0.25, 0.3) is 6.08 Å². The molecule has 0 saturated heterocycles. The quantitative estimate of drug-likeness (QED) is 0.646. The van der Waals surface area contributed by atoms with Crippen molar-refractivity contribution in [2.75, 3.05) is 5.32 Å². The Bertz CT molecular complexity index is 874. The Hall–Kier alpha value is -3.40. The Kier molecular flexibility index (Phi) is 5.22. The van der Waals surface area contributed by atoms with E-state index in [1.54, 1.807) is 30.3 Å². The zero-order chi connectivity index (χ0) is 17.5. The Labute approximate surface area is 145 Å². The van der Waals surface area contributed by atoms with Crippen molar-refractivity contribution in [1.29, 1.82) is 0 Å². The van der Waals surface area contributed by atoms with Gasteiger partial charge in [-0.15, -0.1) is 0 Å². The van der Waals surface area contributed by atoms with E-state index in [0.717, 1.165) is 5.56 Å². The highest BCUT2D eigenvalue weighted by Gasteiger charge is 2.06. The van der Waals surface area contributed by atoms with E-state index in [1.165, 1.54) is 18.2 Å². The summed E-state index contributed by atoms with van der Waals surface area (Å²) < 4.78 is 18.7. The van der Waals surface area contributed by atoms with E-state index in [4.69, 9.17) is 4.74 Å². The van der Waals surface area contributed by atoms with Crippen molar-refractivity contribution in [3.63, 3.8) is 0 Å². The first-order valence-electron chi connectivity index (χ1n) is 7.77. The second-order valence-corrected chi connectivity index (χ2v) is 5.29. The number of para-hydroxylation sites is 3. The summed E-state index contributed by atoms with van der Waals surface area (Å²) in [5.41, 5.74) is 1.31. The van der Waals surface area contributed by atoms with Gasteiger partial charge in [0.25, 0.3) is 0 Å². The van der Waals surface area contributed by atoms with Crippen molar-refractivity contribution in [3.05, 3.63) is 96.3 Å². The standard InChI is InChI=1S/C21H16FNO2/c22-17-13-10-16(11-14-17)12-15-21(24)23-19-8-4-5-9-20(19)25-18-6-2-1-3-7-18/h1-15H,(H,23,24). The van der Waals surface area contributed by atoms with Crippen molar-refractivity contribution in [2.45, 2.75) is 0 Å². The van der Waals surface area contributed by atoms with Gasteiger partial charge in [-0.05, 0) is 48.0 Å². The summed E-state index contributed by atoms with van der Waals surface area (Å²) in [6.07, 6.45) is 3.02. The van der Waals surface area contributed by atoms with Crippen LogP contribution in [-0.4, -0.2) is 5.91 Å². The molecule has 0 spiro atoms. The molecule has 1 amide bonds. The van der Waals surface area contributed by atoms with Crippen molar-refractivity contribution in [3.8, 4) is 11.5 Å². The zero-order valence-corrected chi connectivity index (χ0v) is 13.4. The molecular formula is C21H16FNO2. The second kappa shape index (κ2) is 7.93. The number of ether oxygens (including phenoxy) is 1. The Morgan fingerprint density at radius 1 is 0.880 bits per heavy atom. The second-order valence-electron chi connectivity index (χ2n) is 5.29. The molecule has 3 aromatic carbocycles. The molecule has 0 aliphatic rings. The molecule has 0 heterocycles. The van der Waals surface area contributed by atoms with Crippen molar-refractivity contribution >= 4 is 17.7 Å². The summed E-state index contributed by atoms with van der Waals surface area (Å²) in [5.74, 6) is 0.630. The lowest BCUT2D eigenvalue weighted by molar-refractivity contribution is -0.111. The molecule has 0 fully saturated rings. The summed E-state index contributed by atoms with van der Waals surface area (Å²) in [6.45, 7) is 0. The van der Waals surface area contributed by atoms with Crippen molar-refractivity contribution in [1.82, 2.24) is 0 Å². The molecule has 0 bridgehead atoms. The van der Waals surface area contributed by atoms with Gasteiger partial charge < -0.3 is 10.1 Å². The molecule has 0 radical (unpaired) electrons. The van der Waals surface area contributed by atoms with Gasteiger partial charge in [-0.25, -0.2) is 4.39 Å². The summed E-state index contributed by atoms with van der Waals surface area (Å²) in [7, 11) is 0. The minimum atomic E-state index is -0.311. The maximum absolute atomic E-state index is 12.9. The van der Waals surface area contributed by atoms with E-state index < -0.39 is 0 Å². The number of carbonyl (C=O) groups is 1. The van der Waals surface area contributed by atoms with E-state index in [2.05, 4.69) is 5.32 Å². The normalized spacial score (nSPS) is 10.6. The zero-order valence-electron chi connectivity index (χ0n) is 13.4. The SMILES string of the molecule is O=C(C=Cc1ccc(F)cc1)Nc1ccccc1Oc1ccccc1. The fourth-order valence-corrected chi connectivity index (χ4v) is 2.19. The minimum absolute atomic E-state index is 0.298. The third-order valence-corrected chi connectivity index (χ3v) is 3.41. The van der Waals surface area contributed by atoms with Crippen LogP contribution in [0.15, 0.2) is 84.9 Å². The highest BCUT2D eigenvalue weighted by atomic mass is 19.1. The van der Waals surface area contributed by atoms with Gasteiger partial charge in [0.2, 0.25) is 5.91 Å². The van der Waals surface area contributed by atoms with Crippen LogP contribution in [0, 0.1) is 5.82 Å². The highest BCUT2D eigenvalue weighted by molar-refractivity contribution is 6.02. The first-order chi connectivity index (χ1) is 12.2. The van der Waals surface area contributed by atoms with Crippen LogP contribution in [0.3, 0.4) is 0 Å². The van der Waals surface area contributed by atoms with Crippen molar-refractivity contribution < 1.29 is 13.9 Å². The van der Waals surface area contributed by atoms with Gasteiger partial charge in [0.15, 0.2) is 5.75 Å². The van der Waals surface area contributed by atoms with Crippen LogP contribution in [0.2, 0.25) is 0 Å². The predicted molar refractivity (Wildman–Crippen MR) is 97.0 cm³/mol. The Morgan fingerprint density at radius 3 is 2.32 bits per heavy atom. The van der Waals surface area contributed by atoms with Crippen LogP contribution in [-0.2, 0) is 4.79 Å². The molecule has 25 heavy (non-hydrogen) atoms. The average Bonchev–Trinajstić information content (AvgIpc) is 2.64. The fraction of sp³-hybridized carbons (Fsp3) is 0. The predicted octanol–water partition coefficient (Wildman–Crippen LogP) is 5.27. The van der Waals surface area contributed by atoms with Crippen LogP contribution < -0.4 is 10.1 Å². The summed E-state index contributed by atoms with van der Waals surface area (Å²) >= 11 is 0. The van der Waals surface area contributed by atoms with Crippen LogP contribution in [0.4, 0.5) is 10.1 Å². The number of halogens is 1. The van der Waals surface area contributed by atoms with E-state index in [0.29, 0.717) is 17.2 Å². The molecule has 0 aliphatic carbocycles. The Balaban J connectivity index is 1.70. The number of rotatable bonds is 5. The number of carbonyl (C=O) groups excluding carboxylic acids is 1. The molecule has 0 aromatic heterocycles. The smallest absolute Gasteiger partial charge is 0.248 e. The first-order valence-corrected chi connectivity index (χ1v) is 7.77. The van der Waals surface area contributed by atoms with Gasteiger partial charge in [0.1, 0.15) is 11.6 Å². The number of amides is 1. The molecule has 0 aliphatic heterocycles. The van der Waals surface area contributed by atoms with Gasteiger partial charge >= 0.3 is 0 Å². The van der Waals surface area contributed by atoms with Gasteiger partial charge in [0, 0.05) is 6.08 Å². The number of anilines is 1. The number of hydrogen-bond donors (Lipinski definition) is 1. The lowest BCUT2D eigenvalue weighted by atomic mass is 10.2. The number of benzene rings is 3. The number of nitrogens with one attached hydrogen (secondary N) is 1. The molecule has 4 heteroatoms. The van der Waals surface area contributed by atoms with Gasteiger partial charge in [-0.1, -0.05) is 42.5 Å². The average molecular weight is 333 g/mol. The van der Waals surface area contributed by atoms with E-state index in [9.17, 15) is 9.18 Å². The lowest BCUT2D eigenvalue weighted by Crippen LogP contribution is -2.08.